The highest BCUT2D eigenvalue weighted by molar-refractivity contribution is 9.10. The monoisotopic (exact) mass is 366 g/mol. The van der Waals surface area contributed by atoms with Gasteiger partial charge in [0.15, 0.2) is 0 Å². The Hall–Kier alpha value is -1.69. The number of carbonyl (C=O) groups excluding carboxylic acids is 3. The number of rotatable bonds is 5. The molecule has 0 aromatic heterocycles. The normalized spacial score (nSPS) is 13.8. The van der Waals surface area contributed by atoms with E-state index < -0.39 is 0 Å². The summed E-state index contributed by atoms with van der Waals surface area (Å²) in [6.07, 6.45) is 0.149. The highest BCUT2D eigenvalue weighted by atomic mass is 79.9. The lowest BCUT2D eigenvalue weighted by atomic mass is 10.1. The van der Waals surface area contributed by atoms with Gasteiger partial charge in [-0.05, 0) is 24.1 Å². The number of benzene rings is 1. The minimum absolute atomic E-state index is 0.0635. The molecular weight excluding hydrogens is 348 g/mol. The molecule has 0 N–H and O–H groups in total. The molecule has 1 aliphatic rings. The van der Waals surface area contributed by atoms with Gasteiger partial charge < -0.3 is 4.90 Å². The minimum atomic E-state index is -0.333. The first-order valence-electron chi connectivity index (χ1n) is 7.21. The molecule has 0 fully saturated rings. The highest BCUT2D eigenvalue weighted by Gasteiger charge is 2.35. The van der Waals surface area contributed by atoms with E-state index in [1.807, 2.05) is 13.8 Å². The van der Waals surface area contributed by atoms with Gasteiger partial charge in [-0.25, -0.2) is 0 Å². The van der Waals surface area contributed by atoms with Crippen molar-refractivity contribution in [1.82, 2.24) is 9.80 Å². The van der Waals surface area contributed by atoms with Crippen LogP contribution in [0.15, 0.2) is 22.7 Å². The second-order valence-corrected chi connectivity index (χ2v) is 6.79. The summed E-state index contributed by atoms with van der Waals surface area (Å²) in [7, 11) is 1.74. The predicted molar refractivity (Wildman–Crippen MR) is 86.6 cm³/mol. The minimum Gasteiger partial charge on any atom is -0.345 e. The van der Waals surface area contributed by atoms with Crippen molar-refractivity contribution in [2.45, 2.75) is 20.3 Å². The van der Waals surface area contributed by atoms with Crippen LogP contribution in [0, 0.1) is 5.92 Å². The number of imide groups is 1. The maximum absolute atomic E-state index is 12.3. The van der Waals surface area contributed by atoms with Crippen molar-refractivity contribution in [3.8, 4) is 0 Å². The van der Waals surface area contributed by atoms with Crippen LogP contribution in [0.5, 0.6) is 0 Å². The third-order valence-corrected chi connectivity index (χ3v) is 4.04. The number of nitrogens with zero attached hydrogens (tertiary/aromatic N) is 2. The van der Waals surface area contributed by atoms with Gasteiger partial charge >= 0.3 is 0 Å². The summed E-state index contributed by atoms with van der Waals surface area (Å²) in [5.74, 6) is -0.343. The van der Waals surface area contributed by atoms with Crippen molar-refractivity contribution in [3.63, 3.8) is 0 Å². The van der Waals surface area contributed by atoms with E-state index in [4.69, 9.17) is 0 Å². The largest absolute Gasteiger partial charge is 0.345 e. The lowest BCUT2D eigenvalue weighted by Gasteiger charge is -2.21. The van der Waals surface area contributed by atoms with Crippen LogP contribution in [-0.4, -0.2) is 47.7 Å². The third-order valence-electron chi connectivity index (χ3n) is 3.55. The molecule has 6 heteroatoms. The van der Waals surface area contributed by atoms with E-state index in [0.29, 0.717) is 23.6 Å². The summed E-state index contributed by atoms with van der Waals surface area (Å²) in [6.45, 7) is 4.84. The Morgan fingerprint density at radius 3 is 2.50 bits per heavy atom. The summed E-state index contributed by atoms with van der Waals surface area (Å²) < 4.78 is 0.752. The van der Waals surface area contributed by atoms with Crippen LogP contribution in [0.25, 0.3) is 0 Å². The molecule has 0 unspecified atom stereocenters. The molecule has 1 aliphatic heterocycles. The Morgan fingerprint density at radius 2 is 1.86 bits per heavy atom. The van der Waals surface area contributed by atoms with Crippen molar-refractivity contribution < 1.29 is 14.4 Å². The maximum Gasteiger partial charge on any atom is 0.261 e. The van der Waals surface area contributed by atoms with Crippen molar-refractivity contribution in [1.29, 1.82) is 0 Å². The molecule has 3 amide bonds. The molecule has 22 heavy (non-hydrogen) atoms. The summed E-state index contributed by atoms with van der Waals surface area (Å²) >= 11 is 3.29. The van der Waals surface area contributed by atoms with Gasteiger partial charge in [-0.1, -0.05) is 29.8 Å². The van der Waals surface area contributed by atoms with Crippen LogP contribution in [0.4, 0.5) is 0 Å². The molecule has 0 bridgehead atoms. The standard InChI is InChI=1S/C16H19BrN2O3/c1-10(2)9-18(3)14(20)6-7-19-15(21)12-5-4-11(17)8-13(12)16(19)22/h4-5,8,10H,6-7,9H2,1-3H3. The quantitative estimate of drug-likeness (QED) is 0.752. The Balaban J connectivity index is 2.02. The van der Waals surface area contributed by atoms with E-state index >= 15 is 0 Å². The number of fused-ring (bicyclic) bond motifs is 1. The lowest BCUT2D eigenvalue weighted by Crippen LogP contribution is -2.36. The van der Waals surface area contributed by atoms with Gasteiger partial charge in [0, 0.05) is 31.0 Å². The fourth-order valence-corrected chi connectivity index (χ4v) is 2.87. The summed E-state index contributed by atoms with van der Waals surface area (Å²) in [6, 6.07) is 5.00. The topological polar surface area (TPSA) is 57.7 Å². The van der Waals surface area contributed by atoms with E-state index in [9.17, 15) is 14.4 Å². The molecular formula is C16H19BrN2O3. The zero-order valence-electron chi connectivity index (χ0n) is 12.9. The lowest BCUT2D eigenvalue weighted by molar-refractivity contribution is -0.130. The highest BCUT2D eigenvalue weighted by Crippen LogP contribution is 2.26. The van der Waals surface area contributed by atoms with Crippen molar-refractivity contribution >= 4 is 33.7 Å². The SMILES string of the molecule is CC(C)CN(C)C(=O)CCN1C(=O)c2ccc(Br)cc2C1=O. The van der Waals surface area contributed by atoms with Gasteiger partial charge in [0.1, 0.15) is 0 Å². The Bertz CT molecular complexity index is 628. The molecule has 5 nitrogen and oxygen atoms in total. The second-order valence-electron chi connectivity index (χ2n) is 5.87. The molecule has 2 rings (SSSR count). The summed E-state index contributed by atoms with van der Waals surface area (Å²) in [5, 5.41) is 0. The molecule has 0 spiro atoms. The maximum atomic E-state index is 12.3. The zero-order chi connectivity index (χ0) is 16.4. The van der Waals surface area contributed by atoms with Crippen LogP contribution in [0.1, 0.15) is 41.0 Å². The van der Waals surface area contributed by atoms with Crippen molar-refractivity contribution in [3.05, 3.63) is 33.8 Å². The Kier molecular flexibility index (Phi) is 5.01. The van der Waals surface area contributed by atoms with Gasteiger partial charge in [0.25, 0.3) is 11.8 Å². The first-order valence-corrected chi connectivity index (χ1v) is 8.00. The smallest absolute Gasteiger partial charge is 0.261 e. The van der Waals surface area contributed by atoms with Crippen LogP contribution in [0.2, 0.25) is 0 Å². The van der Waals surface area contributed by atoms with Crippen molar-refractivity contribution in [2.24, 2.45) is 5.92 Å². The Labute approximate surface area is 138 Å². The Morgan fingerprint density at radius 1 is 1.23 bits per heavy atom. The molecule has 1 aromatic carbocycles. The summed E-state index contributed by atoms with van der Waals surface area (Å²) in [5.41, 5.74) is 0.790. The van der Waals surface area contributed by atoms with E-state index in [0.717, 1.165) is 9.37 Å². The fourth-order valence-electron chi connectivity index (χ4n) is 2.51. The molecule has 0 aliphatic carbocycles. The average Bonchev–Trinajstić information content (AvgIpc) is 2.67. The molecule has 1 heterocycles. The number of hydrogen-bond acceptors (Lipinski definition) is 3. The molecule has 0 saturated heterocycles. The molecule has 118 valence electrons. The number of amides is 3. The van der Waals surface area contributed by atoms with E-state index in [2.05, 4.69) is 15.9 Å². The van der Waals surface area contributed by atoms with Crippen LogP contribution >= 0.6 is 15.9 Å². The average molecular weight is 367 g/mol. The van der Waals surface area contributed by atoms with Gasteiger partial charge in [0.05, 0.1) is 11.1 Å². The number of carbonyl (C=O) groups is 3. The van der Waals surface area contributed by atoms with Crippen molar-refractivity contribution in [2.75, 3.05) is 20.1 Å². The van der Waals surface area contributed by atoms with Gasteiger partial charge in [-0.3, -0.25) is 19.3 Å². The van der Waals surface area contributed by atoms with E-state index in [1.165, 1.54) is 0 Å². The molecule has 1 aromatic rings. The predicted octanol–water partition coefficient (Wildman–Crippen LogP) is 2.55. The summed E-state index contributed by atoms with van der Waals surface area (Å²) in [4.78, 5) is 39.4. The van der Waals surface area contributed by atoms with Crippen LogP contribution < -0.4 is 0 Å². The van der Waals surface area contributed by atoms with Gasteiger partial charge in [-0.15, -0.1) is 0 Å². The van der Waals surface area contributed by atoms with Gasteiger partial charge in [0.2, 0.25) is 5.91 Å². The van der Waals surface area contributed by atoms with E-state index in [1.54, 1.807) is 30.1 Å². The fraction of sp³-hybridized carbons (Fsp3) is 0.438. The number of hydrogen-bond donors (Lipinski definition) is 0. The molecule has 0 atom stereocenters. The first-order chi connectivity index (χ1) is 10.3. The zero-order valence-corrected chi connectivity index (χ0v) is 14.5. The first kappa shape index (κ1) is 16.7. The second kappa shape index (κ2) is 6.60. The van der Waals surface area contributed by atoms with Crippen LogP contribution in [0.3, 0.4) is 0 Å². The van der Waals surface area contributed by atoms with E-state index in [-0.39, 0.29) is 30.7 Å². The van der Waals surface area contributed by atoms with Gasteiger partial charge in [-0.2, -0.15) is 0 Å². The molecule has 0 radical (unpaired) electrons. The van der Waals surface area contributed by atoms with Crippen LogP contribution in [-0.2, 0) is 4.79 Å². The molecule has 0 saturated carbocycles. The number of halogens is 1. The third kappa shape index (κ3) is 3.38.